The van der Waals surface area contributed by atoms with Crippen LogP contribution in [0.1, 0.15) is 24.4 Å². The van der Waals surface area contributed by atoms with Gasteiger partial charge in [-0.3, -0.25) is 4.68 Å². The number of ether oxygens (including phenoxy) is 1. The third-order valence-electron chi connectivity index (χ3n) is 2.40. The van der Waals surface area contributed by atoms with Gasteiger partial charge in [-0.05, 0) is 12.8 Å². The molecule has 1 aliphatic rings. The van der Waals surface area contributed by atoms with Gasteiger partial charge in [-0.15, -0.1) is 0 Å². The van der Waals surface area contributed by atoms with Crippen LogP contribution in [-0.4, -0.2) is 23.0 Å². The van der Waals surface area contributed by atoms with Crippen molar-refractivity contribution in [3.8, 4) is 0 Å². The van der Waals surface area contributed by atoms with Gasteiger partial charge < -0.3 is 10.5 Å². The van der Waals surface area contributed by atoms with Gasteiger partial charge in [0.15, 0.2) is 0 Å². The van der Waals surface area contributed by atoms with E-state index >= 15 is 0 Å². The molecule has 13 heavy (non-hydrogen) atoms. The summed E-state index contributed by atoms with van der Waals surface area (Å²) in [7, 11) is 0. The van der Waals surface area contributed by atoms with E-state index in [2.05, 4.69) is 5.10 Å². The van der Waals surface area contributed by atoms with Crippen molar-refractivity contribution in [1.82, 2.24) is 9.78 Å². The van der Waals surface area contributed by atoms with E-state index in [-0.39, 0.29) is 0 Å². The fourth-order valence-electron chi connectivity index (χ4n) is 1.61. The fourth-order valence-corrected chi connectivity index (χ4v) is 1.61. The number of nitrogens with two attached hydrogens (primary N) is 1. The molecule has 2 heterocycles. The number of aromatic nitrogens is 2. The summed E-state index contributed by atoms with van der Waals surface area (Å²) < 4.78 is 7.36. The lowest BCUT2D eigenvalue weighted by atomic mass is 10.1. The molecule has 0 saturated carbocycles. The molecule has 2 rings (SSSR count). The zero-order valence-electron chi connectivity index (χ0n) is 7.65. The van der Waals surface area contributed by atoms with Gasteiger partial charge in [0.2, 0.25) is 0 Å². The molecule has 4 nitrogen and oxygen atoms in total. The van der Waals surface area contributed by atoms with Crippen LogP contribution in [0.5, 0.6) is 0 Å². The van der Waals surface area contributed by atoms with Crippen LogP contribution < -0.4 is 5.73 Å². The molecule has 0 spiro atoms. The number of hydrogen-bond donors (Lipinski definition) is 1. The highest BCUT2D eigenvalue weighted by atomic mass is 16.5. The lowest BCUT2D eigenvalue weighted by Crippen LogP contribution is -2.21. The third kappa shape index (κ3) is 1.89. The molecule has 0 radical (unpaired) electrons. The Balaban J connectivity index is 2.05. The van der Waals surface area contributed by atoms with Crippen molar-refractivity contribution in [2.45, 2.75) is 25.4 Å². The van der Waals surface area contributed by atoms with Crippen molar-refractivity contribution >= 4 is 0 Å². The second-order valence-electron chi connectivity index (χ2n) is 3.40. The number of rotatable bonds is 2. The van der Waals surface area contributed by atoms with Gasteiger partial charge in [0.25, 0.3) is 0 Å². The second-order valence-corrected chi connectivity index (χ2v) is 3.40. The Kier molecular flexibility index (Phi) is 2.61. The van der Waals surface area contributed by atoms with Crippen LogP contribution >= 0.6 is 0 Å². The normalized spacial score (nSPS) is 23.3. The maximum Gasteiger partial charge on any atom is 0.0753 e. The van der Waals surface area contributed by atoms with Crippen molar-refractivity contribution in [1.29, 1.82) is 0 Å². The van der Waals surface area contributed by atoms with Gasteiger partial charge in [0.1, 0.15) is 0 Å². The predicted molar refractivity (Wildman–Crippen MR) is 49.2 cm³/mol. The summed E-state index contributed by atoms with van der Waals surface area (Å²) in [5.74, 6) is 0. The Bertz CT molecular complexity index is 266. The average Bonchev–Trinajstić information content (AvgIpc) is 2.67. The fraction of sp³-hybridized carbons (Fsp3) is 0.667. The molecule has 1 saturated heterocycles. The molecule has 1 fully saturated rings. The molecule has 1 aromatic rings. The monoisotopic (exact) mass is 181 g/mol. The highest BCUT2D eigenvalue weighted by Gasteiger charge is 2.15. The van der Waals surface area contributed by atoms with Crippen LogP contribution in [0.2, 0.25) is 0 Å². The summed E-state index contributed by atoms with van der Waals surface area (Å²) in [6.07, 6.45) is 6.13. The molecule has 0 bridgehead atoms. The summed E-state index contributed by atoms with van der Waals surface area (Å²) in [6.45, 7) is 2.24. The van der Waals surface area contributed by atoms with E-state index in [4.69, 9.17) is 10.5 Å². The quantitative estimate of drug-likeness (QED) is 0.730. The van der Waals surface area contributed by atoms with E-state index in [0.29, 0.717) is 12.6 Å². The summed E-state index contributed by atoms with van der Waals surface area (Å²) in [5, 5.41) is 4.27. The minimum atomic E-state index is 0.411. The summed E-state index contributed by atoms with van der Waals surface area (Å²) in [4.78, 5) is 0. The number of nitrogens with zero attached hydrogens (tertiary/aromatic N) is 2. The van der Waals surface area contributed by atoms with Crippen LogP contribution in [0.4, 0.5) is 0 Å². The minimum absolute atomic E-state index is 0.411. The standard InChI is InChI=1S/C9H15N3O/c10-4-8-5-11-12(6-8)9-2-1-3-13-7-9/h5-6,9H,1-4,7,10H2. The van der Waals surface area contributed by atoms with Gasteiger partial charge in [-0.1, -0.05) is 0 Å². The first-order valence-corrected chi connectivity index (χ1v) is 4.71. The molecule has 0 aliphatic carbocycles. The van der Waals surface area contributed by atoms with E-state index in [1.54, 1.807) is 0 Å². The van der Waals surface area contributed by atoms with Crippen LogP contribution in [0.15, 0.2) is 12.4 Å². The molecule has 1 atom stereocenters. The molecule has 1 aromatic heterocycles. The third-order valence-corrected chi connectivity index (χ3v) is 2.40. The largest absolute Gasteiger partial charge is 0.379 e. The first kappa shape index (κ1) is 8.72. The van der Waals surface area contributed by atoms with E-state index in [1.165, 1.54) is 0 Å². The lowest BCUT2D eigenvalue weighted by molar-refractivity contribution is 0.0549. The van der Waals surface area contributed by atoms with Crippen LogP contribution in [0.3, 0.4) is 0 Å². The summed E-state index contributed by atoms with van der Waals surface area (Å²) in [5.41, 5.74) is 6.60. The zero-order chi connectivity index (χ0) is 9.10. The molecule has 72 valence electrons. The van der Waals surface area contributed by atoms with Crippen LogP contribution in [-0.2, 0) is 11.3 Å². The van der Waals surface area contributed by atoms with Gasteiger partial charge in [0, 0.05) is 24.9 Å². The average molecular weight is 181 g/mol. The highest BCUT2D eigenvalue weighted by molar-refractivity contribution is 5.03. The first-order chi connectivity index (χ1) is 6.40. The van der Waals surface area contributed by atoms with E-state index in [9.17, 15) is 0 Å². The molecule has 1 unspecified atom stereocenters. The summed E-state index contributed by atoms with van der Waals surface area (Å²) >= 11 is 0. The molecule has 0 amide bonds. The summed E-state index contributed by atoms with van der Waals surface area (Å²) in [6, 6.07) is 0.411. The number of hydrogen-bond acceptors (Lipinski definition) is 3. The second kappa shape index (κ2) is 3.89. The predicted octanol–water partition coefficient (Wildman–Crippen LogP) is 0.693. The van der Waals surface area contributed by atoms with Gasteiger partial charge >= 0.3 is 0 Å². The van der Waals surface area contributed by atoms with E-state index in [1.807, 2.05) is 17.1 Å². The molecule has 0 aromatic carbocycles. The minimum Gasteiger partial charge on any atom is -0.379 e. The van der Waals surface area contributed by atoms with E-state index in [0.717, 1.165) is 31.6 Å². The van der Waals surface area contributed by atoms with Gasteiger partial charge in [-0.2, -0.15) is 5.10 Å². The first-order valence-electron chi connectivity index (χ1n) is 4.71. The Labute approximate surface area is 77.7 Å². The molecular weight excluding hydrogens is 166 g/mol. The maximum absolute atomic E-state index is 5.51. The van der Waals surface area contributed by atoms with Crippen molar-refractivity contribution in [2.75, 3.05) is 13.2 Å². The smallest absolute Gasteiger partial charge is 0.0753 e. The Morgan fingerprint density at radius 2 is 2.62 bits per heavy atom. The lowest BCUT2D eigenvalue weighted by Gasteiger charge is -2.22. The Morgan fingerprint density at radius 3 is 3.23 bits per heavy atom. The van der Waals surface area contributed by atoms with Crippen LogP contribution in [0.25, 0.3) is 0 Å². The van der Waals surface area contributed by atoms with E-state index < -0.39 is 0 Å². The maximum atomic E-state index is 5.51. The molecular formula is C9H15N3O. The van der Waals surface area contributed by atoms with Crippen LogP contribution in [0, 0.1) is 0 Å². The van der Waals surface area contributed by atoms with Gasteiger partial charge in [0.05, 0.1) is 18.8 Å². The Hall–Kier alpha value is -0.870. The van der Waals surface area contributed by atoms with Crippen molar-refractivity contribution in [2.24, 2.45) is 5.73 Å². The Morgan fingerprint density at radius 1 is 1.69 bits per heavy atom. The molecule has 2 N–H and O–H groups in total. The van der Waals surface area contributed by atoms with Crippen molar-refractivity contribution in [3.05, 3.63) is 18.0 Å². The van der Waals surface area contributed by atoms with Crippen molar-refractivity contribution in [3.63, 3.8) is 0 Å². The zero-order valence-corrected chi connectivity index (χ0v) is 7.65. The van der Waals surface area contributed by atoms with Crippen molar-refractivity contribution < 1.29 is 4.74 Å². The molecule has 4 heteroatoms. The SMILES string of the molecule is NCc1cnn(C2CCCOC2)c1. The topological polar surface area (TPSA) is 53.1 Å². The highest BCUT2D eigenvalue weighted by Crippen LogP contribution is 2.18. The van der Waals surface area contributed by atoms with Gasteiger partial charge in [-0.25, -0.2) is 0 Å². The molecule has 1 aliphatic heterocycles.